The topological polar surface area (TPSA) is 122 Å². The highest BCUT2D eigenvalue weighted by atomic mass is 16.4. The molecule has 0 aromatic carbocycles. The second kappa shape index (κ2) is 13.7. The number of hydrogen-bond acceptors (Lipinski definition) is 5. The number of aliphatic hydroxyl groups excluding tert-OH is 1. The van der Waals surface area contributed by atoms with E-state index in [2.05, 4.69) is 6.92 Å². The first kappa shape index (κ1) is 24.6. The van der Waals surface area contributed by atoms with E-state index in [4.69, 9.17) is 5.11 Å². The number of hydrogen-bond donors (Lipinski definition) is 2. The predicted octanol–water partition coefficient (Wildman–Crippen LogP) is 4.17. The third-order valence-corrected chi connectivity index (χ3v) is 5.49. The molecule has 1 saturated carbocycles. The summed E-state index contributed by atoms with van der Waals surface area (Å²) in [4.78, 5) is 23.1. The van der Waals surface area contributed by atoms with E-state index in [0.717, 1.165) is 19.3 Å². The van der Waals surface area contributed by atoms with Crippen LogP contribution in [0.5, 0.6) is 0 Å². The minimum atomic E-state index is -0.851. The van der Waals surface area contributed by atoms with Crippen LogP contribution < -0.4 is 0 Å². The van der Waals surface area contributed by atoms with Crippen molar-refractivity contribution in [3.8, 4) is 12.1 Å². The van der Waals surface area contributed by atoms with Gasteiger partial charge < -0.3 is 10.2 Å². The van der Waals surface area contributed by atoms with Crippen molar-refractivity contribution in [3.63, 3.8) is 0 Å². The van der Waals surface area contributed by atoms with Crippen LogP contribution in [0.2, 0.25) is 0 Å². The first-order chi connectivity index (χ1) is 13.9. The van der Waals surface area contributed by atoms with Gasteiger partial charge in [0.15, 0.2) is 0 Å². The summed E-state index contributed by atoms with van der Waals surface area (Å²) >= 11 is 0. The fraction of sp³-hybridized carbons (Fsp3) is 0.652. The zero-order valence-corrected chi connectivity index (χ0v) is 17.2. The maximum atomic E-state index is 12.6. The van der Waals surface area contributed by atoms with Crippen LogP contribution in [0.25, 0.3) is 0 Å². The van der Waals surface area contributed by atoms with Crippen LogP contribution in [0.15, 0.2) is 24.3 Å². The molecule has 6 heteroatoms. The van der Waals surface area contributed by atoms with Crippen molar-refractivity contribution < 1.29 is 19.8 Å². The van der Waals surface area contributed by atoms with Crippen LogP contribution in [0, 0.1) is 46.3 Å². The van der Waals surface area contributed by atoms with Crippen molar-refractivity contribution in [2.45, 2.75) is 70.8 Å². The van der Waals surface area contributed by atoms with E-state index in [1.165, 1.54) is 0 Å². The standard InChI is InChI=1S/C23H32N2O4/c1-2-3-6-9-18(26)12-13-19-20(10-7-4-5-8-11-23(28)29)22(27)14-21(19)17(15-24)16-25/h4,7,12-13,17-21,26H,2-3,5-6,8-11,14H2,1H3,(H,28,29)/b7-4+,13-12+. The van der Waals surface area contributed by atoms with Crippen molar-refractivity contribution in [1.29, 1.82) is 10.5 Å². The molecule has 0 heterocycles. The fourth-order valence-corrected chi connectivity index (χ4v) is 3.85. The highest BCUT2D eigenvalue weighted by Gasteiger charge is 2.44. The Bertz CT molecular complexity index is 657. The number of allylic oxidation sites excluding steroid dienone is 3. The first-order valence-electron chi connectivity index (χ1n) is 10.5. The monoisotopic (exact) mass is 400 g/mol. The molecule has 1 fully saturated rings. The molecule has 158 valence electrons. The SMILES string of the molecule is CCCCCC(O)/C=C/C1C(C/C=C/CCCC(=O)O)C(=O)CC1C(C#N)C#N. The number of carboxylic acid groups (broad SMARTS) is 1. The molecule has 0 aromatic rings. The third kappa shape index (κ3) is 8.62. The summed E-state index contributed by atoms with van der Waals surface area (Å²) in [6, 6.07) is 4.01. The second-order valence-corrected chi connectivity index (χ2v) is 7.70. The normalized spacial score (nSPS) is 22.9. The van der Waals surface area contributed by atoms with Gasteiger partial charge in [0.25, 0.3) is 0 Å². The average molecular weight is 401 g/mol. The third-order valence-electron chi connectivity index (χ3n) is 5.49. The van der Waals surface area contributed by atoms with E-state index in [-0.39, 0.29) is 36.4 Å². The molecule has 0 amide bonds. The van der Waals surface area contributed by atoms with Crippen LogP contribution in [-0.2, 0) is 9.59 Å². The molecule has 0 aromatic heterocycles. The number of nitrogens with zero attached hydrogens (tertiary/aromatic N) is 2. The zero-order valence-electron chi connectivity index (χ0n) is 17.2. The summed E-state index contributed by atoms with van der Waals surface area (Å²) in [6.07, 6.45) is 12.4. The van der Waals surface area contributed by atoms with Gasteiger partial charge in [-0.05, 0) is 31.6 Å². The van der Waals surface area contributed by atoms with E-state index in [0.29, 0.717) is 25.7 Å². The maximum Gasteiger partial charge on any atom is 0.303 e. The Balaban J connectivity index is 2.81. The Morgan fingerprint density at radius 2 is 1.97 bits per heavy atom. The van der Waals surface area contributed by atoms with Crippen molar-refractivity contribution in [3.05, 3.63) is 24.3 Å². The van der Waals surface area contributed by atoms with E-state index in [9.17, 15) is 25.2 Å². The van der Waals surface area contributed by atoms with E-state index < -0.39 is 18.0 Å². The van der Waals surface area contributed by atoms with Gasteiger partial charge in [-0.15, -0.1) is 0 Å². The number of carbonyl (C=O) groups is 2. The van der Waals surface area contributed by atoms with Gasteiger partial charge in [0.1, 0.15) is 11.7 Å². The fourth-order valence-electron chi connectivity index (χ4n) is 3.85. The lowest BCUT2D eigenvalue weighted by molar-refractivity contribution is -0.137. The number of nitriles is 2. The molecule has 4 atom stereocenters. The van der Waals surface area contributed by atoms with Gasteiger partial charge in [-0.3, -0.25) is 9.59 Å². The van der Waals surface area contributed by atoms with E-state index >= 15 is 0 Å². The summed E-state index contributed by atoms with van der Waals surface area (Å²) in [6.45, 7) is 2.10. The summed E-state index contributed by atoms with van der Waals surface area (Å²) in [7, 11) is 0. The van der Waals surface area contributed by atoms with Gasteiger partial charge in [0.2, 0.25) is 0 Å². The second-order valence-electron chi connectivity index (χ2n) is 7.70. The van der Waals surface area contributed by atoms with Crippen LogP contribution in [0.3, 0.4) is 0 Å². The lowest BCUT2D eigenvalue weighted by Gasteiger charge is -2.21. The van der Waals surface area contributed by atoms with E-state index in [1.54, 1.807) is 6.08 Å². The van der Waals surface area contributed by atoms with Gasteiger partial charge in [-0.1, -0.05) is 50.5 Å². The molecule has 1 rings (SSSR count). The quantitative estimate of drug-likeness (QED) is 0.353. The minimum Gasteiger partial charge on any atom is -0.481 e. The molecule has 1 aliphatic carbocycles. The number of aliphatic hydroxyl groups is 1. The van der Waals surface area contributed by atoms with Crippen molar-refractivity contribution in [2.24, 2.45) is 23.7 Å². The van der Waals surface area contributed by atoms with Crippen LogP contribution in [0.1, 0.15) is 64.7 Å². The molecular weight excluding hydrogens is 368 g/mol. The number of carboxylic acids is 1. The Morgan fingerprint density at radius 1 is 1.24 bits per heavy atom. The number of aliphatic carboxylic acids is 1. The van der Waals surface area contributed by atoms with Gasteiger partial charge in [-0.25, -0.2) is 0 Å². The number of rotatable bonds is 13. The number of carbonyl (C=O) groups excluding carboxylic acids is 1. The highest BCUT2D eigenvalue weighted by molar-refractivity contribution is 5.84. The molecule has 29 heavy (non-hydrogen) atoms. The molecule has 1 aliphatic rings. The molecule has 0 saturated heterocycles. The zero-order chi connectivity index (χ0) is 21.6. The van der Waals surface area contributed by atoms with Gasteiger partial charge in [0, 0.05) is 24.7 Å². The molecule has 2 N–H and O–H groups in total. The molecule has 0 aliphatic heterocycles. The van der Waals surface area contributed by atoms with Gasteiger partial charge >= 0.3 is 5.97 Å². The lowest BCUT2D eigenvalue weighted by atomic mass is 9.80. The maximum absolute atomic E-state index is 12.6. The van der Waals surface area contributed by atoms with Crippen LogP contribution in [-0.4, -0.2) is 28.1 Å². The molecule has 0 radical (unpaired) electrons. The molecule has 4 unspecified atom stereocenters. The minimum absolute atomic E-state index is 0.0378. The van der Waals surface area contributed by atoms with Crippen molar-refractivity contribution in [2.75, 3.05) is 0 Å². The van der Waals surface area contributed by atoms with Gasteiger partial charge in [-0.2, -0.15) is 10.5 Å². The molecule has 0 spiro atoms. The average Bonchev–Trinajstić information content (AvgIpc) is 2.99. The Labute approximate surface area is 173 Å². The summed E-state index contributed by atoms with van der Waals surface area (Å²) < 4.78 is 0. The molecular formula is C23H32N2O4. The predicted molar refractivity (Wildman–Crippen MR) is 109 cm³/mol. The number of Topliss-reactive ketones (excluding diaryl/α,β-unsaturated/α-hetero) is 1. The van der Waals surface area contributed by atoms with Crippen molar-refractivity contribution >= 4 is 11.8 Å². The van der Waals surface area contributed by atoms with Crippen molar-refractivity contribution in [1.82, 2.24) is 0 Å². The summed E-state index contributed by atoms with van der Waals surface area (Å²) in [5.41, 5.74) is 0. The Hall–Kier alpha value is -2.44. The van der Waals surface area contributed by atoms with E-state index in [1.807, 2.05) is 30.4 Å². The Kier molecular flexibility index (Phi) is 11.6. The smallest absolute Gasteiger partial charge is 0.303 e. The largest absolute Gasteiger partial charge is 0.481 e. The summed E-state index contributed by atoms with van der Waals surface area (Å²) in [5, 5.41) is 37.4. The first-order valence-corrected chi connectivity index (χ1v) is 10.5. The highest BCUT2D eigenvalue weighted by Crippen LogP contribution is 2.41. The summed E-state index contributed by atoms with van der Waals surface area (Å²) in [5.74, 6) is -2.57. The lowest BCUT2D eigenvalue weighted by Crippen LogP contribution is -2.20. The molecule has 6 nitrogen and oxygen atoms in total. The number of ketones is 1. The van der Waals surface area contributed by atoms with Gasteiger partial charge in [0.05, 0.1) is 18.2 Å². The number of unbranched alkanes of at least 4 members (excludes halogenated alkanes) is 3. The molecule has 0 bridgehead atoms. The van der Waals surface area contributed by atoms with Crippen LogP contribution in [0.4, 0.5) is 0 Å². The van der Waals surface area contributed by atoms with Crippen LogP contribution >= 0.6 is 0 Å². The Morgan fingerprint density at radius 3 is 2.59 bits per heavy atom.